The van der Waals surface area contributed by atoms with E-state index in [0.717, 1.165) is 24.3 Å². The van der Waals surface area contributed by atoms with E-state index in [-0.39, 0.29) is 11.5 Å². The Morgan fingerprint density at radius 2 is 2.00 bits per heavy atom. The van der Waals surface area contributed by atoms with Crippen LogP contribution < -0.4 is 20.3 Å². The van der Waals surface area contributed by atoms with Gasteiger partial charge in [0, 0.05) is 24.0 Å². The number of rotatable bonds is 5. The van der Waals surface area contributed by atoms with Gasteiger partial charge in [0.1, 0.15) is 17.1 Å². The highest BCUT2D eigenvalue weighted by Gasteiger charge is 2.24. The van der Waals surface area contributed by atoms with Crippen LogP contribution in [0.25, 0.3) is 0 Å². The molecule has 25 heavy (non-hydrogen) atoms. The standard InChI is InChI=1S/C19H22N2O4/c1-3-25-14-9-7-13(8-10-14)20-19(23)18-15-6-4-5-11-21(15)17(22)12-16(18)24-2/h7-10,12H,3-6,11H2,1-2H3,(H,20,23). The molecule has 0 saturated heterocycles. The summed E-state index contributed by atoms with van der Waals surface area (Å²) >= 11 is 0. The van der Waals surface area contributed by atoms with E-state index in [2.05, 4.69) is 5.32 Å². The molecular formula is C19H22N2O4. The molecule has 1 aliphatic rings. The van der Waals surface area contributed by atoms with E-state index in [0.29, 0.717) is 36.6 Å². The molecule has 132 valence electrons. The molecule has 0 aliphatic carbocycles. The molecule has 0 saturated carbocycles. The molecule has 1 aliphatic heterocycles. The Bertz CT molecular complexity index is 825. The van der Waals surface area contributed by atoms with Crippen molar-refractivity contribution in [3.63, 3.8) is 0 Å². The fraction of sp³-hybridized carbons (Fsp3) is 0.368. The molecule has 2 heterocycles. The maximum absolute atomic E-state index is 12.8. The number of benzene rings is 1. The molecule has 0 atom stereocenters. The van der Waals surface area contributed by atoms with Crippen LogP contribution in [-0.4, -0.2) is 24.2 Å². The summed E-state index contributed by atoms with van der Waals surface area (Å²) in [5.74, 6) is 0.801. The number of ether oxygens (including phenoxy) is 2. The second-order valence-electron chi connectivity index (χ2n) is 5.89. The van der Waals surface area contributed by atoms with Gasteiger partial charge in [-0.1, -0.05) is 0 Å². The second kappa shape index (κ2) is 7.42. The molecule has 6 nitrogen and oxygen atoms in total. The van der Waals surface area contributed by atoms with Crippen molar-refractivity contribution >= 4 is 11.6 Å². The van der Waals surface area contributed by atoms with Crippen molar-refractivity contribution in [2.24, 2.45) is 0 Å². The third-order valence-corrected chi connectivity index (χ3v) is 4.30. The molecule has 0 spiro atoms. The first kappa shape index (κ1) is 17.1. The van der Waals surface area contributed by atoms with Crippen LogP contribution in [0.4, 0.5) is 5.69 Å². The number of aromatic nitrogens is 1. The topological polar surface area (TPSA) is 69.6 Å². The Balaban J connectivity index is 1.92. The summed E-state index contributed by atoms with van der Waals surface area (Å²) in [4.78, 5) is 25.1. The lowest BCUT2D eigenvalue weighted by atomic mass is 10.0. The highest BCUT2D eigenvalue weighted by Crippen LogP contribution is 2.26. The minimum absolute atomic E-state index is 0.121. The molecule has 0 radical (unpaired) electrons. The number of nitrogens with one attached hydrogen (secondary N) is 1. The van der Waals surface area contributed by atoms with E-state index in [1.54, 1.807) is 28.8 Å². The van der Waals surface area contributed by atoms with Gasteiger partial charge in [0.25, 0.3) is 11.5 Å². The lowest BCUT2D eigenvalue weighted by Gasteiger charge is -2.22. The Kier molecular flexibility index (Phi) is 5.07. The molecule has 1 aromatic heterocycles. The number of fused-ring (bicyclic) bond motifs is 1. The van der Waals surface area contributed by atoms with Gasteiger partial charge in [-0.2, -0.15) is 0 Å². The predicted molar refractivity (Wildman–Crippen MR) is 95.8 cm³/mol. The number of nitrogens with zero attached hydrogens (tertiary/aromatic N) is 1. The van der Waals surface area contributed by atoms with Gasteiger partial charge < -0.3 is 19.4 Å². The quantitative estimate of drug-likeness (QED) is 0.907. The minimum Gasteiger partial charge on any atom is -0.496 e. The van der Waals surface area contributed by atoms with Gasteiger partial charge in [-0.3, -0.25) is 9.59 Å². The average molecular weight is 342 g/mol. The lowest BCUT2D eigenvalue weighted by molar-refractivity contribution is 0.102. The lowest BCUT2D eigenvalue weighted by Crippen LogP contribution is -2.30. The minimum atomic E-state index is -0.272. The van der Waals surface area contributed by atoms with Crippen LogP contribution in [0.1, 0.15) is 35.8 Å². The summed E-state index contributed by atoms with van der Waals surface area (Å²) < 4.78 is 12.4. The highest BCUT2D eigenvalue weighted by molar-refractivity contribution is 6.07. The fourth-order valence-electron chi connectivity index (χ4n) is 3.14. The molecule has 3 rings (SSSR count). The van der Waals surface area contributed by atoms with Crippen molar-refractivity contribution < 1.29 is 14.3 Å². The number of methoxy groups -OCH3 is 1. The van der Waals surface area contributed by atoms with Crippen LogP contribution in [0.3, 0.4) is 0 Å². The Hall–Kier alpha value is -2.76. The van der Waals surface area contributed by atoms with Crippen LogP contribution in [0.15, 0.2) is 35.1 Å². The molecule has 0 fully saturated rings. The first-order valence-electron chi connectivity index (χ1n) is 8.49. The van der Waals surface area contributed by atoms with Crippen LogP contribution in [0, 0.1) is 0 Å². The summed E-state index contributed by atoms with van der Waals surface area (Å²) in [6, 6.07) is 8.58. The number of hydrogen-bond acceptors (Lipinski definition) is 4. The highest BCUT2D eigenvalue weighted by atomic mass is 16.5. The SMILES string of the molecule is CCOc1ccc(NC(=O)c2c(OC)cc(=O)n3c2CCCC3)cc1. The second-order valence-corrected chi connectivity index (χ2v) is 5.89. The van der Waals surface area contributed by atoms with E-state index in [4.69, 9.17) is 9.47 Å². The van der Waals surface area contributed by atoms with Gasteiger partial charge in [0.15, 0.2) is 0 Å². The summed E-state index contributed by atoms with van der Waals surface area (Å²) in [6.07, 6.45) is 2.59. The summed E-state index contributed by atoms with van der Waals surface area (Å²) in [5.41, 5.74) is 1.73. The normalized spacial score (nSPS) is 13.0. The monoisotopic (exact) mass is 342 g/mol. The predicted octanol–water partition coefficient (Wildman–Crippen LogP) is 2.84. The Morgan fingerprint density at radius 3 is 2.68 bits per heavy atom. The average Bonchev–Trinajstić information content (AvgIpc) is 2.63. The van der Waals surface area contributed by atoms with Gasteiger partial charge in [-0.15, -0.1) is 0 Å². The van der Waals surface area contributed by atoms with Crippen LogP contribution >= 0.6 is 0 Å². The van der Waals surface area contributed by atoms with Crippen molar-refractivity contribution in [2.75, 3.05) is 19.0 Å². The van der Waals surface area contributed by atoms with Gasteiger partial charge in [-0.05, 0) is 50.5 Å². The van der Waals surface area contributed by atoms with Gasteiger partial charge in [0.2, 0.25) is 0 Å². The third-order valence-electron chi connectivity index (χ3n) is 4.30. The number of carbonyl (C=O) groups is 1. The molecule has 1 N–H and O–H groups in total. The van der Waals surface area contributed by atoms with Crippen molar-refractivity contribution in [3.05, 3.63) is 51.9 Å². The van der Waals surface area contributed by atoms with Crippen molar-refractivity contribution in [1.29, 1.82) is 0 Å². The zero-order chi connectivity index (χ0) is 17.8. The zero-order valence-corrected chi connectivity index (χ0v) is 14.5. The number of pyridine rings is 1. The van der Waals surface area contributed by atoms with Gasteiger partial charge in [0.05, 0.1) is 13.7 Å². The van der Waals surface area contributed by atoms with E-state index in [1.807, 2.05) is 6.92 Å². The number of carbonyl (C=O) groups excluding carboxylic acids is 1. The van der Waals surface area contributed by atoms with Crippen LogP contribution in [0.5, 0.6) is 11.5 Å². The number of anilines is 1. The summed E-state index contributed by atoms with van der Waals surface area (Å²) in [5, 5.41) is 2.88. The smallest absolute Gasteiger partial charge is 0.261 e. The van der Waals surface area contributed by atoms with Crippen LogP contribution in [-0.2, 0) is 13.0 Å². The maximum atomic E-state index is 12.8. The molecular weight excluding hydrogens is 320 g/mol. The van der Waals surface area contributed by atoms with Crippen molar-refractivity contribution in [2.45, 2.75) is 32.7 Å². The molecule has 0 bridgehead atoms. The summed E-state index contributed by atoms with van der Waals surface area (Å²) in [6.45, 7) is 3.15. The molecule has 6 heteroatoms. The van der Waals surface area contributed by atoms with Crippen molar-refractivity contribution in [3.8, 4) is 11.5 Å². The van der Waals surface area contributed by atoms with Crippen LogP contribution in [0.2, 0.25) is 0 Å². The van der Waals surface area contributed by atoms with E-state index >= 15 is 0 Å². The molecule has 1 aromatic carbocycles. The van der Waals surface area contributed by atoms with Crippen molar-refractivity contribution in [1.82, 2.24) is 4.57 Å². The van der Waals surface area contributed by atoms with E-state index < -0.39 is 0 Å². The fourth-order valence-corrected chi connectivity index (χ4v) is 3.14. The maximum Gasteiger partial charge on any atom is 0.261 e. The number of amides is 1. The summed E-state index contributed by atoms with van der Waals surface area (Å²) in [7, 11) is 1.47. The largest absolute Gasteiger partial charge is 0.496 e. The Morgan fingerprint density at radius 1 is 1.24 bits per heavy atom. The first-order valence-corrected chi connectivity index (χ1v) is 8.49. The van der Waals surface area contributed by atoms with E-state index in [9.17, 15) is 9.59 Å². The molecule has 0 unspecified atom stereocenters. The first-order chi connectivity index (χ1) is 12.1. The third kappa shape index (κ3) is 3.52. The zero-order valence-electron chi connectivity index (χ0n) is 14.5. The molecule has 1 amide bonds. The van der Waals surface area contributed by atoms with Gasteiger partial charge in [-0.25, -0.2) is 0 Å². The molecule has 2 aromatic rings. The number of hydrogen-bond donors (Lipinski definition) is 1. The van der Waals surface area contributed by atoms with Gasteiger partial charge >= 0.3 is 0 Å². The Labute approximate surface area is 146 Å². The van der Waals surface area contributed by atoms with E-state index in [1.165, 1.54) is 13.2 Å².